The maximum absolute atomic E-state index is 12.5. The summed E-state index contributed by atoms with van der Waals surface area (Å²) in [6.07, 6.45) is -0.753. The summed E-state index contributed by atoms with van der Waals surface area (Å²) in [6, 6.07) is 0.266. The molecule has 6 rings (SSSR count). The van der Waals surface area contributed by atoms with Crippen LogP contribution in [0.2, 0.25) is 0 Å². The van der Waals surface area contributed by atoms with Gasteiger partial charge in [0.05, 0.1) is 11.6 Å². The number of amides is 1. The van der Waals surface area contributed by atoms with Gasteiger partial charge in [-0.05, 0) is 84.0 Å². The Bertz CT molecular complexity index is 626. The van der Waals surface area contributed by atoms with Crippen LogP contribution in [-0.2, 0) is 11.4 Å². The summed E-state index contributed by atoms with van der Waals surface area (Å²) in [4.78, 5) is 13.8. The van der Waals surface area contributed by atoms with E-state index in [4.69, 9.17) is 0 Å². The van der Waals surface area contributed by atoms with E-state index in [0.29, 0.717) is 40.9 Å². The van der Waals surface area contributed by atoms with E-state index in [0.717, 1.165) is 0 Å². The summed E-state index contributed by atoms with van der Waals surface area (Å²) in [5.41, 5.74) is -0.0596. The first-order chi connectivity index (χ1) is 11.3. The van der Waals surface area contributed by atoms with E-state index in [1.165, 1.54) is 0 Å². The number of nitrogens with one attached hydrogen (secondary N) is 1. The lowest BCUT2D eigenvalue weighted by Gasteiger charge is -3.12. The SMILES string of the molecule is C[C@H](N[S@@+]([O-])C(C)(C)C)C12C3C4C1C1C2C3C41N(C(=O)O)C(C)(C)C. The normalized spacial score (nSPS) is 52.5. The molecule has 6 heteroatoms. The summed E-state index contributed by atoms with van der Waals surface area (Å²) in [6.45, 7) is 14.3. The molecule has 0 radical (unpaired) electrons. The fourth-order valence-corrected chi connectivity index (χ4v) is 9.22. The number of nitrogens with zero attached hydrogens (tertiary/aromatic N) is 1. The Morgan fingerprint density at radius 1 is 1.08 bits per heavy atom. The van der Waals surface area contributed by atoms with Crippen LogP contribution in [0.5, 0.6) is 0 Å². The highest BCUT2D eigenvalue weighted by atomic mass is 32.2. The zero-order valence-corrected chi connectivity index (χ0v) is 17.0. The Kier molecular flexibility index (Phi) is 2.68. The summed E-state index contributed by atoms with van der Waals surface area (Å²) in [7, 11) is 0. The minimum atomic E-state index is -1.04. The van der Waals surface area contributed by atoms with Gasteiger partial charge in [-0.2, -0.15) is 0 Å². The Hall–Kier alpha value is -0.460. The molecule has 1 amide bonds. The molecule has 0 saturated heterocycles. The fourth-order valence-electron chi connectivity index (χ4n) is 8.34. The lowest BCUT2D eigenvalue weighted by molar-refractivity contribution is -0.647. The lowest BCUT2D eigenvalue weighted by atomic mass is 8.93. The van der Waals surface area contributed by atoms with Crippen LogP contribution in [-0.4, -0.2) is 42.5 Å². The van der Waals surface area contributed by atoms with Gasteiger partial charge in [0.25, 0.3) is 0 Å². The molecule has 6 fully saturated rings. The van der Waals surface area contributed by atoms with Gasteiger partial charge >= 0.3 is 6.09 Å². The minimum Gasteiger partial charge on any atom is -0.598 e. The van der Waals surface area contributed by atoms with Crippen molar-refractivity contribution in [3.05, 3.63) is 0 Å². The topological polar surface area (TPSA) is 75.6 Å². The van der Waals surface area contributed by atoms with Crippen LogP contribution < -0.4 is 4.72 Å². The smallest absolute Gasteiger partial charge is 0.408 e. The monoisotopic (exact) mass is 366 g/mol. The Balaban J connectivity index is 1.36. The average molecular weight is 367 g/mol. The zero-order valence-electron chi connectivity index (χ0n) is 16.2. The van der Waals surface area contributed by atoms with E-state index >= 15 is 0 Å². The lowest BCUT2D eigenvalue weighted by Crippen LogP contribution is -3.17. The van der Waals surface area contributed by atoms with Crippen molar-refractivity contribution in [2.45, 2.75) is 70.3 Å². The van der Waals surface area contributed by atoms with Gasteiger partial charge in [-0.25, -0.2) is 4.79 Å². The predicted molar refractivity (Wildman–Crippen MR) is 96.2 cm³/mol. The Morgan fingerprint density at radius 3 is 1.84 bits per heavy atom. The predicted octanol–water partition coefficient (Wildman–Crippen LogP) is 2.70. The van der Waals surface area contributed by atoms with Crippen molar-refractivity contribution in [1.82, 2.24) is 9.62 Å². The maximum atomic E-state index is 12.5. The first-order valence-corrected chi connectivity index (χ1v) is 10.7. The van der Waals surface area contributed by atoms with Gasteiger partial charge in [0.2, 0.25) is 0 Å². The van der Waals surface area contributed by atoms with Crippen LogP contribution in [0.4, 0.5) is 4.79 Å². The van der Waals surface area contributed by atoms with Gasteiger partial charge in [-0.3, -0.25) is 4.90 Å². The van der Waals surface area contributed by atoms with Crippen LogP contribution in [0.1, 0.15) is 48.5 Å². The van der Waals surface area contributed by atoms with E-state index in [9.17, 15) is 14.5 Å². The van der Waals surface area contributed by atoms with Crippen molar-refractivity contribution in [1.29, 1.82) is 0 Å². The third-order valence-corrected chi connectivity index (χ3v) is 10.2. The molecule has 6 saturated carbocycles. The molecule has 0 aromatic heterocycles. The van der Waals surface area contributed by atoms with Crippen molar-refractivity contribution in [2.75, 3.05) is 0 Å². The van der Waals surface area contributed by atoms with E-state index in [1.54, 1.807) is 4.90 Å². The molecule has 5 nitrogen and oxygen atoms in total. The molecule has 0 bridgehead atoms. The number of carboxylic acid groups (broad SMARTS) is 1. The Labute approximate surface area is 153 Å². The maximum Gasteiger partial charge on any atom is 0.408 e. The van der Waals surface area contributed by atoms with Crippen LogP contribution in [0.25, 0.3) is 0 Å². The third kappa shape index (κ3) is 1.30. The molecule has 140 valence electrons. The molecule has 0 aromatic carbocycles. The molecule has 6 aliphatic carbocycles. The van der Waals surface area contributed by atoms with Crippen LogP contribution in [0, 0.1) is 40.9 Å². The molecule has 0 spiro atoms. The molecule has 6 aliphatic rings. The number of carbonyl (C=O) groups is 1. The van der Waals surface area contributed by atoms with Gasteiger partial charge < -0.3 is 9.66 Å². The molecular formula is C19H30N2O3S. The van der Waals surface area contributed by atoms with E-state index in [1.807, 2.05) is 41.5 Å². The highest BCUT2D eigenvalue weighted by Gasteiger charge is 3.12. The molecule has 2 N–H and O–H groups in total. The quantitative estimate of drug-likeness (QED) is 0.750. The van der Waals surface area contributed by atoms with Crippen LogP contribution >= 0.6 is 0 Å². The summed E-state index contributed by atoms with van der Waals surface area (Å²) in [5, 5.41) is 9.86. The molecule has 25 heavy (non-hydrogen) atoms. The number of hydrogen-bond donors (Lipinski definition) is 2. The van der Waals surface area contributed by atoms with E-state index in [2.05, 4.69) is 11.6 Å². The van der Waals surface area contributed by atoms with Crippen molar-refractivity contribution in [2.24, 2.45) is 40.9 Å². The average Bonchev–Trinajstić information content (AvgIpc) is 2.44. The van der Waals surface area contributed by atoms with Gasteiger partial charge in [-0.1, -0.05) is 0 Å². The molecule has 0 unspecified atom stereocenters. The van der Waals surface area contributed by atoms with Gasteiger partial charge in [0, 0.05) is 22.3 Å². The number of hydrogen-bond acceptors (Lipinski definition) is 3. The highest BCUT2D eigenvalue weighted by molar-refractivity contribution is 7.90. The highest BCUT2D eigenvalue weighted by Crippen LogP contribution is 3.08. The minimum absolute atomic E-state index is 0.0469. The molecule has 0 aromatic rings. The second-order valence-corrected chi connectivity index (χ2v) is 13.0. The Morgan fingerprint density at radius 2 is 1.52 bits per heavy atom. The second kappa shape index (κ2) is 4.02. The zero-order chi connectivity index (χ0) is 18.5. The fraction of sp³-hybridized carbons (Fsp3) is 0.947. The van der Waals surface area contributed by atoms with E-state index in [-0.39, 0.29) is 21.9 Å². The van der Waals surface area contributed by atoms with Crippen molar-refractivity contribution >= 4 is 17.5 Å². The van der Waals surface area contributed by atoms with Crippen LogP contribution in [0.15, 0.2) is 0 Å². The van der Waals surface area contributed by atoms with E-state index < -0.39 is 17.5 Å². The van der Waals surface area contributed by atoms with Gasteiger partial charge in [-0.15, -0.1) is 4.72 Å². The molecular weight excluding hydrogens is 336 g/mol. The number of rotatable bonds is 4. The first kappa shape index (κ1) is 16.7. The summed E-state index contributed by atoms with van der Waals surface area (Å²) >= 11 is -1.04. The van der Waals surface area contributed by atoms with Gasteiger partial charge in [0.15, 0.2) is 0 Å². The summed E-state index contributed by atoms with van der Waals surface area (Å²) in [5.74, 6) is 3.68. The first-order valence-electron chi connectivity index (χ1n) is 9.56. The standard InChI is InChI=1S/C19H30N2O3S/c1-8(20-25(24)17(5,6)7)18-9-12-10(18)14-11(18)13(9)19(12,14)21(15(22)23)16(2,3)4/h8-14,20H,1-7H3,(H,22,23)/t8-,9?,10?,11?,12?,13?,14?,18?,19?,25-/m0/s1. The molecule has 2 atom stereocenters. The molecule has 0 aliphatic heterocycles. The molecule has 0 heterocycles. The second-order valence-electron chi connectivity index (χ2n) is 11.1. The largest absolute Gasteiger partial charge is 0.598 e. The third-order valence-electron chi connectivity index (χ3n) is 8.49. The van der Waals surface area contributed by atoms with Crippen LogP contribution in [0.3, 0.4) is 0 Å². The van der Waals surface area contributed by atoms with Crippen molar-refractivity contribution < 1.29 is 14.5 Å². The van der Waals surface area contributed by atoms with Crippen molar-refractivity contribution in [3.63, 3.8) is 0 Å². The van der Waals surface area contributed by atoms with Crippen molar-refractivity contribution in [3.8, 4) is 0 Å². The van der Waals surface area contributed by atoms with Gasteiger partial charge in [0.1, 0.15) is 4.75 Å². The summed E-state index contributed by atoms with van der Waals surface area (Å²) < 4.78 is 15.7.